The lowest BCUT2D eigenvalue weighted by molar-refractivity contribution is -0.120. The van der Waals surface area contributed by atoms with Crippen molar-refractivity contribution >= 4 is 29.1 Å². The number of carbonyl (C=O) groups is 2. The quantitative estimate of drug-likeness (QED) is 0.534. The highest BCUT2D eigenvalue weighted by atomic mass is 35.5. The topological polar surface area (TPSA) is 81.9 Å². The van der Waals surface area contributed by atoms with E-state index in [1.54, 1.807) is 35.2 Å². The highest BCUT2D eigenvalue weighted by Crippen LogP contribution is 2.47. The van der Waals surface area contributed by atoms with E-state index in [-0.39, 0.29) is 11.3 Å². The molecule has 0 radical (unpaired) electrons. The zero-order valence-electron chi connectivity index (χ0n) is 19.9. The van der Waals surface area contributed by atoms with Gasteiger partial charge in [-0.15, -0.1) is 0 Å². The van der Waals surface area contributed by atoms with Gasteiger partial charge in [0, 0.05) is 16.3 Å². The number of hydrogen-bond acceptors (Lipinski definition) is 4. The van der Waals surface area contributed by atoms with Crippen molar-refractivity contribution in [3.63, 3.8) is 0 Å². The van der Waals surface area contributed by atoms with Gasteiger partial charge in [-0.25, -0.2) is 0 Å². The number of amides is 2. The van der Waals surface area contributed by atoms with Crippen molar-refractivity contribution in [1.82, 2.24) is 0 Å². The molecule has 0 aliphatic carbocycles. The fourth-order valence-electron chi connectivity index (χ4n) is 4.97. The molecule has 0 spiro atoms. The Morgan fingerprint density at radius 3 is 2.40 bits per heavy atom. The van der Waals surface area contributed by atoms with Crippen molar-refractivity contribution in [3.8, 4) is 11.5 Å². The molecule has 0 saturated carbocycles. The van der Waals surface area contributed by atoms with Gasteiger partial charge in [0.05, 0.1) is 12.0 Å². The highest BCUT2D eigenvalue weighted by molar-refractivity contribution is 6.32. The summed E-state index contributed by atoms with van der Waals surface area (Å²) in [6.07, 6.45) is 0. The lowest BCUT2D eigenvalue weighted by Gasteiger charge is -2.41. The van der Waals surface area contributed by atoms with E-state index >= 15 is 0 Å². The van der Waals surface area contributed by atoms with Crippen molar-refractivity contribution in [3.05, 3.63) is 87.9 Å². The van der Waals surface area contributed by atoms with Gasteiger partial charge in [-0.1, -0.05) is 62.7 Å². The monoisotopic (exact) mass is 490 g/mol. The second-order valence-electron chi connectivity index (χ2n) is 9.90. The molecule has 5 rings (SSSR count). The highest BCUT2D eigenvalue weighted by Gasteiger charge is 2.44. The van der Waals surface area contributed by atoms with Gasteiger partial charge in [0.2, 0.25) is 5.91 Å². The third-order valence-electron chi connectivity index (χ3n) is 6.59. The molecule has 7 heteroatoms. The standard InChI is InChI=1S/C28H27ClN2O4/c1-28(2,3)20-10-9-17(15-21(20)29)31-25(16-8-11-22-23(14-16)35-13-12-34-22)24(26(30)32)18-6-4-5-7-19(18)27(31)33/h4-11,14-15,24-25H,12-13H2,1-3H3,(H2,30,32)/t24-,25+/m1/s1. The maximum absolute atomic E-state index is 13.9. The predicted octanol–water partition coefficient (Wildman–Crippen LogP) is 5.38. The summed E-state index contributed by atoms with van der Waals surface area (Å²) in [7, 11) is 0. The fraction of sp³-hybridized carbons (Fsp3) is 0.286. The van der Waals surface area contributed by atoms with Gasteiger partial charge in [-0.3, -0.25) is 14.5 Å². The number of primary amides is 1. The van der Waals surface area contributed by atoms with Gasteiger partial charge >= 0.3 is 0 Å². The Labute approximate surface area is 209 Å². The molecule has 2 atom stereocenters. The van der Waals surface area contributed by atoms with Crippen molar-refractivity contribution in [2.75, 3.05) is 18.1 Å². The van der Waals surface area contributed by atoms with E-state index in [9.17, 15) is 9.59 Å². The van der Waals surface area contributed by atoms with Crippen molar-refractivity contribution in [1.29, 1.82) is 0 Å². The van der Waals surface area contributed by atoms with Crippen LogP contribution in [0.5, 0.6) is 11.5 Å². The number of halogens is 1. The van der Waals surface area contributed by atoms with Crippen LogP contribution in [-0.4, -0.2) is 25.0 Å². The first-order chi connectivity index (χ1) is 16.7. The number of hydrogen-bond donors (Lipinski definition) is 1. The minimum absolute atomic E-state index is 0.168. The number of ether oxygens (including phenoxy) is 2. The number of fused-ring (bicyclic) bond motifs is 2. The SMILES string of the molecule is CC(C)(C)c1ccc(N2C(=O)c3ccccc3[C@@H](C(N)=O)[C@@H]2c2ccc3c(c2)OCCO3)cc1Cl. The molecule has 2 aliphatic heterocycles. The lowest BCUT2D eigenvalue weighted by atomic mass is 9.78. The Bertz CT molecular complexity index is 1330. The van der Waals surface area contributed by atoms with Crippen molar-refractivity contribution in [2.45, 2.75) is 38.1 Å². The summed E-state index contributed by atoms with van der Waals surface area (Å²) >= 11 is 6.70. The van der Waals surface area contributed by atoms with Gasteiger partial charge in [-0.05, 0) is 52.4 Å². The van der Waals surface area contributed by atoms with E-state index in [1.165, 1.54) is 0 Å². The van der Waals surface area contributed by atoms with Gasteiger partial charge in [0.15, 0.2) is 11.5 Å². The van der Waals surface area contributed by atoms with E-state index in [1.807, 2.05) is 30.3 Å². The lowest BCUT2D eigenvalue weighted by Crippen LogP contribution is -2.46. The Balaban J connectivity index is 1.72. The van der Waals surface area contributed by atoms with Crippen LogP contribution in [0.2, 0.25) is 5.02 Å². The van der Waals surface area contributed by atoms with Crippen LogP contribution in [0, 0.1) is 0 Å². The Morgan fingerprint density at radius 2 is 1.71 bits per heavy atom. The summed E-state index contributed by atoms with van der Waals surface area (Å²) in [6, 6.07) is 17.5. The van der Waals surface area contributed by atoms with Gasteiger partial charge < -0.3 is 15.2 Å². The summed E-state index contributed by atoms with van der Waals surface area (Å²) in [5.74, 6) is -0.316. The van der Waals surface area contributed by atoms with Gasteiger partial charge in [-0.2, -0.15) is 0 Å². The van der Waals surface area contributed by atoms with Gasteiger partial charge in [0.25, 0.3) is 5.91 Å². The van der Waals surface area contributed by atoms with Crippen LogP contribution in [0.3, 0.4) is 0 Å². The molecular formula is C28H27ClN2O4. The van der Waals surface area contributed by atoms with E-state index in [0.29, 0.717) is 46.5 Å². The summed E-state index contributed by atoms with van der Waals surface area (Å²) < 4.78 is 11.5. The Morgan fingerprint density at radius 1 is 1.00 bits per heavy atom. The molecular weight excluding hydrogens is 464 g/mol. The molecule has 0 fully saturated rings. The van der Waals surface area contributed by atoms with Crippen LogP contribution in [-0.2, 0) is 10.2 Å². The first-order valence-electron chi connectivity index (χ1n) is 11.6. The second-order valence-corrected chi connectivity index (χ2v) is 10.3. The summed E-state index contributed by atoms with van der Waals surface area (Å²) in [5.41, 5.74) is 9.15. The minimum atomic E-state index is -0.771. The average Bonchev–Trinajstić information content (AvgIpc) is 2.82. The Kier molecular flexibility index (Phi) is 5.72. The number of carbonyl (C=O) groups excluding carboxylic acids is 2. The third-order valence-corrected chi connectivity index (χ3v) is 6.90. The van der Waals surface area contributed by atoms with Crippen LogP contribution < -0.4 is 20.1 Å². The molecule has 0 saturated heterocycles. The molecule has 0 unspecified atom stereocenters. The van der Waals surface area contributed by atoms with Crippen LogP contribution in [0.15, 0.2) is 60.7 Å². The number of rotatable bonds is 3. The van der Waals surface area contributed by atoms with E-state index in [0.717, 1.165) is 11.1 Å². The van der Waals surface area contributed by atoms with Crippen molar-refractivity contribution < 1.29 is 19.1 Å². The molecule has 3 aromatic rings. The number of anilines is 1. The summed E-state index contributed by atoms with van der Waals surface area (Å²) in [4.78, 5) is 28.5. The molecule has 2 amide bonds. The molecule has 2 heterocycles. The predicted molar refractivity (Wildman–Crippen MR) is 136 cm³/mol. The number of nitrogens with two attached hydrogens (primary N) is 1. The fourth-order valence-corrected chi connectivity index (χ4v) is 5.43. The first-order valence-corrected chi connectivity index (χ1v) is 12.0. The third kappa shape index (κ3) is 4.02. The average molecular weight is 491 g/mol. The minimum Gasteiger partial charge on any atom is -0.486 e. The molecule has 0 aromatic heterocycles. The largest absolute Gasteiger partial charge is 0.486 e. The van der Waals surface area contributed by atoms with Crippen LogP contribution in [0.4, 0.5) is 5.69 Å². The van der Waals surface area contributed by atoms with E-state index in [4.69, 9.17) is 26.8 Å². The summed E-state index contributed by atoms with van der Waals surface area (Å²) in [5, 5.41) is 0.554. The number of nitrogens with zero attached hydrogens (tertiary/aromatic N) is 1. The Hall–Kier alpha value is -3.51. The molecule has 35 heavy (non-hydrogen) atoms. The maximum Gasteiger partial charge on any atom is 0.259 e. The van der Waals surface area contributed by atoms with E-state index in [2.05, 4.69) is 20.8 Å². The summed E-state index contributed by atoms with van der Waals surface area (Å²) in [6.45, 7) is 7.14. The molecule has 6 nitrogen and oxygen atoms in total. The van der Waals surface area contributed by atoms with Crippen LogP contribution in [0.1, 0.15) is 59.8 Å². The second kappa shape index (κ2) is 8.61. The van der Waals surface area contributed by atoms with E-state index < -0.39 is 17.9 Å². The van der Waals surface area contributed by atoms with Crippen LogP contribution >= 0.6 is 11.6 Å². The van der Waals surface area contributed by atoms with Crippen LogP contribution in [0.25, 0.3) is 0 Å². The first kappa shape index (κ1) is 23.2. The zero-order valence-corrected chi connectivity index (χ0v) is 20.6. The molecule has 180 valence electrons. The molecule has 2 aliphatic rings. The molecule has 3 aromatic carbocycles. The molecule has 2 N–H and O–H groups in total. The smallest absolute Gasteiger partial charge is 0.259 e. The normalized spacial score (nSPS) is 19.3. The van der Waals surface area contributed by atoms with Crippen molar-refractivity contribution in [2.24, 2.45) is 5.73 Å². The van der Waals surface area contributed by atoms with Gasteiger partial charge in [0.1, 0.15) is 13.2 Å². The molecule has 0 bridgehead atoms. The maximum atomic E-state index is 13.9. The number of benzene rings is 3. The zero-order chi connectivity index (χ0) is 24.9.